The van der Waals surface area contributed by atoms with Crippen molar-refractivity contribution in [2.45, 2.75) is 13.0 Å². The summed E-state index contributed by atoms with van der Waals surface area (Å²) in [5.74, 6) is -0.664. The standard InChI is InChI=1S/C14H15N3O4/c1-21-11-4-2-3-10(9-11)16-14(20)12-5-7-15-17(12)8-6-13(18)19/h2-5,7,9H,6,8H2,1H3,(H,16,20)(H,18,19). The number of anilines is 1. The van der Waals surface area contributed by atoms with E-state index in [2.05, 4.69) is 10.4 Å². The molecule has 0 unspecified atom stereocenters. The SMILES string of the molecule is COc1cccc(NC(=O)c2ccnn2CCC(=O)O)c1. The van der Waals surface area contributed by atoms with Crippen molar-refractivity contribution in [2.75, 3.05) is 12.4 Å². The van der Waals surface area contributed by atoms with Gasteiger partial charge in [0.25, 0.3) is 5.91 Å². The first-order valence-corrected chi connectivity index (χ1v) is 6.29. The smallest absolute Gasteiger partial charge is 0.305 e. The molecule has 0 bridgehead atoms. The van der Waals surface area contributed by atoms with Crippen molar-refractivity contribution in [1.29, 1.82) is 0 Å². The van der Waals surface area contributed by atoms with Gasteiger partial charge in [-0.15, -0.1) is 0 Å². The van der Waals surface area contributed by atoms with E-state index >= 15 is 0 Å². The van der Waals surface area contributed by atoms with Crippen LogP contribution in [0.3, 0.4) is 0 Å². The van der Waals surface area contributed by atoms with E-state index in [4.69, 9.17) is 9.84 Å². The summed E-state index contributed by atoms with van der Waals surface area (Å²) in [6, 6.07) is 8.49. The number of nitrogens with one attached hydrogen (secondary N) is 1. The van der Waals surface area contributed by atoms with E-state index in [9.17, 15) is 9.59 Å². The zero-order chi connectivity index (χ0) is 15.2. The predicted octanol–water partition coefficient (Wildman–Crippen LogP) is 1.62. The number of methoxy groups -OCH3 is 1. The van der Waals surface area contributed by atoms with E-state index in [-0.39, 0.29) is 18.9 Å². The molecule has 0 radical (unpaired) electrons. The van der Waals surface area contributed by atoms with Crippen LogP contribution in [0.15, 0.2) is 36.5 Å². The zero-order valence-electron chi connectivity index (χ0n) is 11.4. The number of aliphatic carboxylic acids is 1. The molecule has 0 spiro atoms. The van der Waals surface area contributed by atoms with Gasteiger partial charge in [0.1, 0.15) is 11.4 Å². The Balaban J connectivity index is 2.09. The number of carboxylic acids is 1. The van der Waals surface area contributed by atoms with Crippen LogP contribution in [0.1, 0.15) is 16.9 Å². The zero-order valence-corrected chi connectivity index (χ0v) is 11.4. The van der Waals surface area contributed by atoms with Crippen molar-refractivity contribution in [2.24, 2.45) is 0 Å². The molecular formula is C14H15N3O4. The van der Waals surface area contributed by atoms with Crippen molar-refractivity contribution in [1.82, 2.24) is 9.78 Å². The van der Waals surface area contributed by atoms with Crippen LogP contribution in [0.4, 0.5) is 5.69 Å². The van der Waals surface area contributed by atoms with Gasteiger partial charge < -0.3 is 15.2 Å². The minimum absolute atomic E-state index is 0.0961. The molecule has 2 aromatic rings. The summed E-state index contributed by atoms with van der Waals surface area (Å²) in [6.07, 6.45) is 1.36. The highest BCUT2D eigenvalue weighted by Gasteiger charge is 2.13. The molecule has 0 fully saturated rings. The lowest BCUT2D eigenvalue weighted by Gasteiger charge is -2.08. The number of carbonyl (C=O) groups is 2. The molecular weight excluding hydrogens is 274 g/mol. The molecule has 2 rings (SSSR count). The second kappa shape index (κ2) is 6.56. The van der Waals surface area contributed by atoms with Crippen LogP contribution in [0.2, 0.25) is 0 Å². The topological polar surface area (TPSA) is 93.5 Å². The lowest BCUT2D eigenvalue weighted by Crippen LogP contribution is -2.18. The number of carbonyl (C=O) groups excluding carboxylic acids is 1. The summed E-state index contributed by atoms with van der Waals surface area (Å²) in [5, 5.41) is 15.4. The van der Waals surface area contributed by atoms with Crippen LogP contribution in [0.25, 0.3) is 0 Å². The Labute approximate surface area is 121 Å². The Bertz CT molecular complexity index is 651. The number of aryl methyl sites for hydroxylation is 1. The summed E-state index contributed by atoms with van der Waals surface area (Å²) in [6.45, 7) is 0.142. The van der Waals surface area contributed by atoms with Crippen molar-refractivity contribution >= 4 is 17.6 Å². The van der Waals surface area contributed by atoms with Gasteiger partial charge in [0, 0.05) is 18.0 Å². The van der Waals surface area contributed by atoms with Gasteiger partial charge in [0.2, 0.25) is 0 Å². The van der Waals surface area contributed by atoms with E-state index in [0.29, 0.717) is 17.1 Å². The molecule has 0 saturated carbocycles. The molecule has 0 aliphatic carbocycles. The first-order chi connectivity index (χ1) is 10.1. The van der Waals surface area contributed by atoms with E-state index in [1.807, 2.05) is 0 Å². The maximum absolute atomic E-state index is 12.2. The fourth-order valence-corrected chi connectivity index (χ4v) is 1.80. The minimum atomic E-state index is -0.940. The molecule has 1 heterocycles. The molecule has 21 heavy (non-hydrogen) atoms. The normalized spacial score (nSPS) is 10.1. The van der Waals surface area contributed by atoms with Gasteiger partial charge in [0.05, 0.1) is 20.1 Å². The van der Waals surface area contributed by atoms with E-state index < -0.39 is 5.97 Å². The lowest BCUT2D eigenvalue weighted by molar-refractivity contribution is -0.137. The summed E-state index contributed by atoms with van der Waals surface area (Å²) >= 11 is 0. The largest absolute Gasteiger partial charge is 0.497 e. The maximum Gasteiger partial charge on any atom is 0.305 e. The van der Waals surface area contributed by atoms with Gasteiger partial charge in [-0.05, 0) is 18.2 Å². The second-order valence-corrected chi connectivity index (χ2v) is 4.27. The average Bonchev–Trinajstić information content (AvgIpc) is 2.93. The molecule has 0 saturated heterocycles. The number of amides is 1. The van der Waals surface area contributed by atoms with Crippen LogP contribution in [-0.2, 0) is 11.3 Å². The van der Waals surface area contributed by atoms with Crippen molar-refractivity contribution in [3.05, 3.63) is 42.2 Å². The number of carboxylic acid groups (broad SMARTS) is 1. The van der Waals surface area contributed by atoms with Gasteiger partial charge in [-0.1, -0.05) is 6.07 Å². The summed E-state index contributed by atoms with van der Waals surface area (Å²) in [7, 11) is 1.54. The molecule has 0 atom stereocenters. The first-order valence-electron chi connectivity index (χ1n) is 6.29. The highest BCUT2D eigenvalue weighted by Crippen LogP contribution is 2.17. The average molecular weight is 289 g/mol. The highest BCUT2D eigenvalue weighted by atomic mass is 16.5. The van der Waals surface area contributed by atoms with Gasteiger partial charge in [0.15, 0.2) is 0 Å². The fraction of sp³-hybridized carbons (Fsp3) is 0.214. The number of aromatic nitrogens is 2. The maximum atomic E-state index is 12.2. The van der Waals surface area contributed by atoms with Gasteiger partial charge in [-0.2, -0.15) is 5.10 Å². The third-order valence-electron chi connectivity index (χ3n) is 2.81. The minimum Gasteiger partial charge on any atom is -0.497 e. The quantitative estimate of drug-likeness (QED) is 0.842. The van der Waals surface area contributed by atoms with Crippen LogP contribution >= 0.6 is 0 Å². The molecule has 1 aromatic heterocycles. The van der Waals surface area contributed by atoms with Crippen LogP contribution < -0.4 is 10.1 Å². The monoisotopic (exact) mass is 289 g/mol. The van der Waals surface area contributed by atoms with E-state index in [1.54, 1.807) is 31.4 Å². The number of ether oxygens (including phenoxy) is 1. The Kier molecular flexibility index (Phi) is 4.55. The summed E-state index contributed by atoms with van der Waals surface area (Å²) in [4.78, 5) is 22.8. The fourth-order valence-electron chi connectivity index (χ4n) is 1.80. The van der Waals surface area contributed by atoms with Crippen LogP contribution in [0.5, 0.6) is 5.75 Å². The second-order valence-electron chi connectivity index (χ2n) is 4.27. The van der Waals surface area contributed by atoms with Gasteiger partial charge in [-0.25, -0.2) is 0 Å². The van der Waals surface area contributed by atoms with E-state index in [1.165, 1.54) is 16.9 Å². The Morgan fingerprint density at radius 3 is 2.90 bits per heavy atom. The van der Waals surface area contributed by atoms with Crippen LogP contribution in [0, 0.1) is 0 Å². The van der Waals surface area contributed by atoms with Crippen molar-refractivity contribution in [3.63, 3.8) is 0 Å². The van der Waals surface area contributed by atoms with E-state index in [0.717, 1.165) is 0 Å². The lowest BCUT2D eigenvalue weighted by atomic mass is 10.3. The number of nitrogens with zero attached hydrogens (tertiary/aromatic N) is 2. The van der Waals surface area contributed by atoms with Crippen LogP contribution in [-0.4, -0.2) is 33.9 Å². The Morgan fingerprint density at radius 1 is 1.38 bits per heavy atom. The Morgan fingerprint density at radius 2 is 2.19 bits per heavy atom. The molecule has 7 nitrogen and oxygen atoms in total. The summed E-state index contributed by atoms with van der Waals surface area (Å²) < 4.78 is 6.45. The molecule has 1 aromatic carbocycles. The third-order valence-corrected chi connectivity index (χ3v) is 2.81. The van der Waals surface area contributed by atoms with Gasteiger partial charge in [-0.3, -0.25) is 14.3 Å². The Hall–Kier alpha value is -2.83. The van der Waals surface area contributed by atoms with Gasteiger partial charge >= 0.3 is 5.97 Å². The molecule has 7 heteroatoms. The molecule has 2 N–H and O–H groups in total. The van der Waals surface area contributed by atoms with Crippen molar-refractivity contribution < 1.29 is 19.4 Å². The number of benzene rings is 1. The molecule has 1 amide bonds. The predicted molar refractivity (Wildman–Crippen MR) is 75.4 cm³/mol. The highest BCUT2D eigenvalue weighted by molar-refractivity contribution is 6.03. The molecule has 110 valence electrons. The number of rotatable bonds is 6. The first kappa shape index (κ1) is 14.6. The summed E-state index contributed by atoms with van der Waals surface area (Å²) in [5.41, 5.74) is 0.893. The van der Waals surface area contributed by atoms with Crippen molar-refractivity contribution in [3.8, 4) is 5.75 Å². The number of hydrogen-bond acceptors (Lipinski definition) is 4. The molecule has 0 aliphatic rings. The number of hydrogen-bond donors (Lipinski definition) is 2. The third kappa shape index (κ3) is 3.82. The molecule has 0 aliphatic heterocycles.